The van der Waals surface area contributed by atoms with E-state index in [1.165, 1.54) is 11.1 Å². The molecule has 0 saturated heterocycles. The summed E-state index contributed by atoms with van der Waals surface area (Å²) in [5.41, 5.74) is 3.66. The first-order valence-electron chi connectivity index (χ1n) is 10.0. The number of halogens is 1. The van der Waals surface area contributed by atoms with Crippen molar-refractivity contribution in [3.05, 3.63) is 89.4 Å². The number of furan rings is 1. The number of nitrogens with zero attached hydrogens (tertiary/aromatic N) is 2. The van der Waals surface area contributed by atoms with Crippen LogP contribution in [0, 0.1) is 0 Å². The minimum absolute atomic E-state index is 0. The Bertz CT molecular complexity index is 944. The number of aliphatic imine (C=N–C) groups is 1. The van der Waals surface area contributed by atoms with Crippen LogP contribution in [-0.4, -0.2) is 32.1 Å². The van der Waals surface area contributed by atoms with Crippen molar-refractivity contribution in [3.8, 4) is 5.75 Å². The smallest absolute Gasteiger partial charge is 0.191 e. The zero-order valence-corrected chi connectivity index (χ0v) is 20.6. The lowest BCUT2D eigenvalue weighted by Crippen LogP contribution is -2.36. The predicted octanol–water partition coefficient (Wildman–Crippen LogP) is 4.40. The second-order valence-electron chi connectivity index (χ2n) is 7.15. The molecule has 0 atom stereocenters. The van der Waals surface area contributed by atoms with Crippen LogP contribution in [0.3, 0.4) is 0 Å². The van der Waals surface area contributed by atoms with Crippen LogP contribution in [0.2, 0.25) is 0 Å². The molecule has 31 heavy (non-hydrogen) atoms. The van der Waals surface area contributed by atoms with E-state index < -0.39 is 0 Å². The maximum absolute atomic E-state index is 5.46. The molecule has 0 unspecified atom stereocenters. The molecule has 0 fully saturated rings. The Morgan fingerprint density at radius 3 is 2.45 bits per heavy atom. The van der Waals surface area contributed by atoms with Crippen molar-refractivity contribution in [3.63, 3.8) is 0 Å². The Balaban J connectivity index is 0.00000341. The average Bonchev–Trinajstić information content (AvgIpc) is 3.28. The van der Waals surface area contributed by atoms with Crippen LogP contribution in [0.25, 0.3) is 0 Å². The lowest BCUT2D eigenvalue weighted by atomic mass is 10.1. The topological polar surface area (TPSA) is 62.0 Å². The van der Waals surface area contributed by atoms with Gasteiger partial charge in [-0.15, -0.1) is 24.0 Å². The zero-order chi connectivity index (χ0) is 21.2. The number of guanidine groups is 1. The van der Waals surface area contributed by atoms with Crippen LogP contribution < -0.4 is 15.4 Å². The van der Waals surface area contributed by atoms with Crippen molar-refractivity contribution >= 4 is 29.9 Å². The largest absolute Gasteiger partial charge is 0.497 e. The van der Waals surface area contributed by atoms with E-state index in [1.807, 2.05) is 30.3 Å². The molecule has 0 bridgehead atoms. The number of hydrogen-bond donors (Lipinski definition) is 2. The first-order chi connectivity index (χ1) is 14.7. The summed E-state index contributed by atoms with van der Waals surface area (Å²) in [6.07, 6.45) is 1.71. The molecule has 0 aliphatic heterocycles. The highest BCUT2D eigenvalue weighted by Crippen LogP contribution is 2.14. The number of ether oxygens (including phenoxy) is 1. The summed E-state index contributed by atoms with van der Waals surface area (Å²) in [7, 11) is 5.56. The van der Waals surface area contributed by atoms with Crippen LogP contribution in [0.1, 0.15) is 22.5 Å². The Labute approximate surface area is 201 Å². The number of benzene rings is 2. The predicted molar refractivity (Wildman–Crippen MR) is 136 cm³/mol. The van der Waals surface area contributed by atoms with E-state index in [-0.39, 0.29) is 24.0 Å². The minimum Gasteiger partial charge on any atom is -0.497 e. The van der Waals surface area contributed by atoms with Gasteiger partial charge in [-0.25, -0.2) is 0 Å². The Morgan fingerprint density at radius 2 is 1.74 bits per heavy atom. The van der Waals surface area contributed by atoms with Crippen molar-refractivity contribution in [2.75, 3.05) is 21.2 Å². The summed E-state index contributed by atoms with van der Waals surface area (Å²) in [5, 5.41) is 6.77. The van der Waals surface area contributed by atoms with Gasteiger partial charge >= 0.3 is 0 Å². The number of methoxy groups -OCH3 is 1. The Hall–Kier alpha value is -2.52. The zero-order valence-electron chi connectivity index (χ0n) is 18.3. The van der Waals surface area contributed by atoms with E-state index in [0.717, 1.165) is 36.1 Å². The molecule has 0 spiro atoms. The molecule has 7 heteroatoms. The quantitative estimate of drug-likeness (QED) is 0.242. The van der Waals surface area contributed by atoms with Gasteiger partial charge in [0.25, 0.3) is 0 Å². The molecule has 0 aliphatic rings. The van der Waals surface area contributed by atoms with Crippen molar-refractivity contribution in [1.29, 1.82) is 0 Å². The van der Waals surface area contributed by atoms with Gasteiger partial charge in [-0.2, -0.15) is 0 Å². The molecule has 2 aromatic carbocycles. The van der Waals surface area contributed by atoms with Gasteiger partial charge in [-0.05, 0) is 48.0 Å². The number of nitrogens with one attached hydrogen (secondary N) is 2. The van der Waals surface area contributed by atoms with E-state index in [2.05, 4.69) is 57.9 Å². The fourth-order valence-electron chi connectivity index (χ4n) is 3.27. The van der Waals surface area contributed by atoms with E-state index in [4.69, 9.17) is 9.15 Å². The minimum atomic E-state index is 0. The molecule has 3 aromatic rings. The van der Waals surface area contributed by atoms with Crippen molar-refractivity contribution in [2.45, 2.75) is 26.2 Å². The molecule has 0 saturated carbocycles. The molecule has 2 N–H and O–H groups in total. The fraction of sp³-hybridized carbons (Fsp3) is 0.292. The van der Waals surface area contributed by atoms with Gasteiger partial charge in [0.2, 0.25) is 0 Å². The molecule has 1 aromatic heterocycles. The highest BCUT2D eigenvalue weighted by molar-refractivity contribution is 14.0. The molecule has 0 radical (unpaired) electrons. The van der Waals surface area contributed by atoms with Crippen molar-refractivity contribution in [2.24, 2.45) is 4.99 Å². The van der Waals surface area contributed by atoms with Gasteiger partial charge in [0.1, 0.15) is 11.5 Å². The van der Waals surface area contributed by atoms with Crippen LogP contribution in [-0.2, 0) is 26.2 Å². The summed E-state index contributed by atoms with van der Waals surface area (Å²) in [6.45, 7) is 2.99. The van der Waals surface area contributed by atoms with E-state index in [9.17, 15) is 0 Å². The van der Waals surface area contributed by atoms with E-state index in [1.54, 1.807) is 20.4 Å². The fourth-order valence-corrected chi connectivity index (χ4v) is 3.27. The third-order valence-corrected chi connectivity index (χ3v) is 4.83. The molecule has 1 heterocycles. The Morgan fingerprint density at radius 1 is 0.968 bits per heavy atom. The van der Waals surface area contributed by atoms with Gasteiger partial charge in [0, 0.05) is 26.7 Å². The number of hydrogen-bond acceptors (Lipinski definition) is 4. The monoisotopic (exact) mass is 534 g/mol. The van der Waals surface area contributed by atoms with Crippen molar-refractivity contribution < 1.29 is 9.15 Å². The number of rotatable bonds is 9. The lowest BCUT2D eigenvalue weighted by molar-refractivity contribution is 0.287. The van der Waals surface area contributed by atoms with Gasteiger partial charge in [-0.3, -0.25) is 9.89 Å². The standard InChI is InChI=1S/C24H30N4O2.HI/c1-25-24(26-15-19-8-6-11-22(14-19)29-3)27-16-20-9-4-5-10-21(20)17-28(2)18-23-12-7-13-30-23;/h4-14H,15-18H2,1-3H3,(H2,25,26,27);1H. The highest BCUT2D eigenvalue weighted by Gasteiger charge is 2.08. The summed E-state index contributed by atoms with van der Waals surface area (Å²) < 4.78 is 10.7. The normalized spacial score (nSPS) is 11.2. The van der Waals surface area contributed by atoms with Crippen LogP contribution in [0.4, 0.5) is 0 Å². The van der Waals surface area contributed by atoms with Gasteiger partial charge < -0.3 is 19.8 Å². The maximum Gasteiger partial charge on any atom is 0.191 e. The molecular formula is C24H31IN4O2. The lowest BCUT2D eigenvalue weighted by Gasteiger charge is -2.19. The highest BCUT2D eigenvalue weighted by atomic mass is 127. The maximum atomic E-state index is 5.46. The summed E-state index contributed by atoms with van der Waals surface area (Å²) in [5.74, 6) is 2.58. The SMILES string of the molecule is CN=C(NCc1cccc(OC)c1)NCc1ccccc1CN(C)Cc1ccco1.I. The third kappa shape index (κ3) is 7.91. The van der Waals surface area contributed by atoms with Crippen LogP contribution in [0.5, 0.6) is 5.75 Å². The van der Waals surface area contributed by atoms with Gasteiger partial charge in [-0.1, -0.05) is 36.4 Å². The first kappa shape index (κ1) is 24.7. The van der Waals surface area contributed by atoms with E-state index >= 15 is 0 Å². The van der Waals surface area contributed by atoms with Gasteiger partial charge in [0.15, 0.2) is 5.96 Å². The Kier molecular flexibility index (Phi) is 10.4. The van der Waals surface area contributed by atoms with Crippen LogP contribution >= 0.6 is 24.0 Å². The summed E-state index contributed by atoms with van der Waals surface area (Å²) >= 11 is 0. The van der Waals surface area contributed by atoms with E-state index in [0.29, 0.717) is 13.1 Å². The van der Waals surface area contributed by atoms with Crippen molar-refractivity contribution in [1.82, 2.24) is 15.5 Å². The van der Waals surface area contributed by atoms with Crippen LogP contribution in [0.15, 0.2) is 76.3 Å². The second-order valence-corrected chi connectivity index (χ2v) is 7.15. The molecule has 0 aliphatic carbocycles. The summed E-state index contributed by atoms with van der Waals surface area (Å²) in [4.78, 5) is 6.59. The first-order valence-corrected chi connectivity index (χ1v) is 10.0. The van der Waals surface area contributed by atoms with Gasteiger partial charge in [0.05, 0.1) is 19.9 Å². The molecular weight excluding hydrogens is 503 g/mol. The molecule has 166 valence electrons. The third-order valence-electron chi connectivity index (χ3n) is 4.83. The molecule has 3 rings (SSSR count). The second kappa shape index (κ2) is 13.0. The molecule has 0 amide bonds. The average molecular weight is 534 g/mol. The summed E-state index contributed by atoms with van der Waals surface area (Å²) in [6, 6.07) is 20.4. The molecule has 6 nitrogen and oxygen atoms in total.